The van der Waals surface area contributed by atoms with Crippen LogP contribution in [0.2, 0.25) is 5.02 Å². The Bertz CT molecular complexity index is 614. The quantitative estimate of drug-likeness (QED) is 0.647. The number of hydrogen-bond acceptors (Lipinski definition) is 3. The standard InChI is InChI=1S/C14H13ClN2S2/c1-19-11-4-2-3-10(8-11)17-13-6-5-9(14(16)18)7-12(13)15/h2-8,17H,1H3,(H2,16,18). The third-order valence-electron chi connectivity index (χ3n) is 2.60. The second-order valence-corrected chi connectivity index (χ2v) is 5.64. The lowest BCUT2D eigenvalue weighted by atomic mass is 10.2. The molecule has 0 amide bonds. The van der Waals surface area contributed by atoms with Gasteiger partial charge in [0.15, 0.2) is 0 Å². The van der Waals surface area contributed by atoms with Gasteiger partial charge in [0.1, 0.15) is 4.99 Å². The zero-order valence-corrected chi connectivity index (χ0v) is 12.7. The molecule has 0 saturated heterocycles. The van der Waals surface area contributed by atoms with E-state index in [1.165, 1.54) is 4.90 Å². The zero-order valence-electron chi connectivity index (χ0n) is 10.3. The molecule has 2 rings (SSSR count). The molecule has 0 atom stereocenters. The molecule has 0 aliphatic carbocycles. The van der Waals surface area contributed by atoms with Crippen LogP contribution in [0, 0.1) is 0 Å². The number of thiocarbonyl (C=S) groups is 1. The van der Waals surface area contributed by atoms with Crippen molar-refractivity contribution in [2.45, 2.75) is 4.90 Å². The minimum atomic E-state index is 0.345. The Morgan fingerprint density at radius 1 is 1.26 bits per heavy atom. The smallest absolute Gasteiger partial charge is 0.104 e. The van der Waals surface area contributed by atoms with E-state index in [1.54, 1.807) is 17.8 Å². The van der Waals surface area contributed by atoms with E-state index < -0.39 is 0 Å². The molecule has 0 aromatic heterocycles. The topological polar surface area (TPSA) is 38.0 Å². The van der Waals surface area contributed by atoms with E-state index >= 15 is 0 Å². The van der Waals surface area contributed by atoms with E-state index in [1.807, 2.05) is 30.5 Å². The lowest BCUT2D eigenvalue weighted by Crippen LogP contribution is -2.09. The lowest BCUT2D eigenvalue weighted by Gasteiger charge is -2.10. The van der Waals surface area contributed by atoms with Crippen molar-refractivity contribution in [2.75, 3.05) is 11.6 Å². The van der Waals surface area contributed by atoms with Gasteiger partial charge < -0.3 is 11.1 Å². The molecular formula is C14H13ClN2S2. The first kappa shape index (κ1) is 14.2. The number of halogens is 1. The van der Waals surface area contributed by atoms with E-state index in [4.69, 9.17) is 29.6 Å². The highest BCUT2D eigenvalue weighted by atomic mass is 35.5. The van der Waals surface area contributed by atoms with Crippen LogP contribution in [-0.4, -0.2) is 11.2 Å². The molecule has 0 bridgehead atoms. The van der Waals surface area contributed by atoms with Crippen molar-refractivity contribution in [1.82, 2.24) is 0 Å². The van der Waals surface area contributed by atoms with Crippen molar-refractivity contribution in [3.05, 3.63) is 53.1 Å². The summed E-state index contributed by atoms with van der Waals surface area (Å²) in [5, 5.41) is 3.88. The van der Waals surface area contributed by atoms with Gasteiger partial charge in [-0.3, -0.25) is 0 Å². The zero-order chi connectivity index (χ0) is 13.8. The third kappa shape index (κ3) is 3.62. The summed E-state index contributed by atoms with van der Waals surface area (Å²) < 4.78 is 0. The molecule has 0 heterocycles. The summed E-state index contributed by atoms with van der Waals surface area (Å²) >= 11 is 12.8. The maximum absolute atomic E-state index is 6.21. The Hall–Kier alpha value is -1.23. The highest BCUT2D eigenvalue weighted by molar-refractivity contribution is 7.98. The summed E-state index contributed by atoms with van der Waals surface area (Å²) in [5.74, 6) is 0. The fraction of sp³-hybridized carbons (Fsp3) is 0.0714. The maximum Gasteiger partial charge on any atom is 0.104 e. The van der Waals surface area contributed by atoms with Crippen molar-refractivity contribution in [2.24, 2.45) is 5.73 Å². The molecule has 0 aliphatic heterocycles. The SMILES string of the molecule is CSc1cccc(Nc2ccc(C(N)=S)cc2Cl)c1. The van der Waals surface area contributed by atoms with Crippen LogP contribution in [-0.2, 0) is 0 Å². The Morgan fingerprint density at radius 3 is 2.68 bits per heavy atom. The molecule has 5 heteroatoms. The monoisotopic (exact) mass is 308 g/mol. The summed E-state index contributed by atoms with van der Waals surface area (Å²) in [7, 11) is 0. The third-order valence-corrected chi connectivity index (χ3v) is 3.88. The summed E-state index contributed by atoms with van der Waals surface area (Å²) in [6, 6.07) is 13.6. The van der Waals surface area contributed by atoms with Gasteiger partial charge in [-0.05, 0) is 42.7 Å². The Balaban J connectivity index is 2.25. The van der Waals surface area contributed by atoms with Gasteiger partial charge in [0, 0.05) is 16.1 Å². The molecule has 0 spiro atoms. The van der Waals surface area contributed by atoms with E-state index in [9.17, 15) is 0 Å². The molecule has 2 aromatic rings. The predicted molar refractivity (Wildman–Crippen MR) is 88.8 cm³/mol. The Kier molecular flexibility index (Phi) is 4.69. The summed E-state index contributed by atoms with van der Waals surface area (Å²) in [5.41, 5.74) is 8.17. The number of hydrogen-bond donors (Lipinski definition) is 2. The molecule has 0 saturated carbocycles. The first-order valence-electron chi connectivity index (χ1n) is 5.60. The van der Waals surface area contributed by atoms with Gasteiger partial charge in [0.25, 0.3) is 0 Å². The molecule has 19 heavy (non-hydrogen) atoms. The number of benzene rings is 2. The molecule has 0 unspecified atom stereocenters. The van der Waals surface area contributed by atoms with Crippen molar-refractivity contribution in [3.63, 3.8) is 0 Å². The fourth-order valence-corrected chi connectivity index (χ4v) is 2.44. The molecule has 2 nitrogen and oxygen atoms in total. The predicted octanol–water partition coefficient (Wildman–Crippen LogP) is 4.44. The van der Waals surface area contributed by atoms with Crippen molar-refractivity contribution < 1.29 is 0 Å². The minimum absolute atomic E-state index is 0.345. The van der Waals surface area contributed by atoms with Crippen molar-refractivity contribution >= 4 is 51.9 Å². The number of nitrogens with one attached hydrogen (secondary N) is 1. The van der Waals surface area contributed by atoms with Gasteiger partial charge in [-0.2, -0.15) is 0 Å². The van der Waals surface area contributed by atoms with Crippen LogP contribution in [0.15, 0.2) is 47.4 Å². The number of thioether (sulfide) groups is 1. The average molecular weight is 309 g/mol. The largest absolute Gasteiger partial charge is 0.389 e. The number of anilines is 2. The number of nitrogens with two attached hydrogens (primary N) is 1. The van der Waals surface area contributed by atoms with Gasteiger partial charge in [-0.25, -0.2) is 0 Å². The van der Waals surface area contributed by atoms with Crippen LogP contribution in [0.4, 0.5) is 11.4 Å². The molecule has 0 radical (unpaired) electrons. The summed E-state index contributed by atoms with van der Waals surface area (Å²) in [6.45, 7) is 0. The molecule has 3 N–H and O–H groups in total. The fourth-order valence-electron chi connectivity index (χ4n) is 1.63. The lowest BCUT2D eigenvalue weighted by molar-refractivity contribution is 1.44. The molecule has 2 aromatic carbocycles. The van der Waals surface area contributed by atoms with Crippen LogP contribution in [0.3, 0.4) is 0 Å². The van der Waals surface area contributed by atoms with Gasteiger partial charge in [-0.1, -0.05) is 29.9 Å². The van der Waals surface area contributed by atoms with Gasteiger partial charge in [0.2, 0.25) is 0 Å². The Morgan fingerprint density at radius 2 is 2.05 bits per heavy atom. The van der Waals surface area contributed by atoms with E-state index in [-0.39, 0.29) is 0 Å². The average Bonchev–Trinajstić information content (AvgIpc) is 2.41. The van der Waals surface area contributed by atoms with Crippen LogP contribution < -0.4 is 11.1 Å². The highest BCUT2D eigenvalue weighted by Gasteiger charge is 2.04. The van der Waals surface area contributed by atoms with E-state index in [0.29, 0.717) is 10.0 Å². The Labute approximate surface area is 127 Å². The maximum atomic E-state index is 6.21. The van der Waals surface area contributed by atoms with Crippen molar-refractivity contribution in [1.29, 1.82) is 0 Å². The highest BCUT2D eigenvalue weighted by Crippen LogP contribution is 2.28. The van der Waals surface area contributed by atoms with Crippen LogP contribution >= 0.6 is 35.6 Å². The van der Waals surface area contributed by atoms with Crippen LogP contribution in [0.1, 0.15) is 5.56 Å². The molecular weight excluding hydrogens is 296 g/mol. The normalized spacial score (nSPS) is 10.2. The summed E-state index contributed by atoms with van der Waals surface area (Å²) in [6.07, 6.45) is 2.04. The molecule has 98 valence electrons. The first-order valence-corrected chi connectivity index (χ1v) is 7.61. The second kappa shape index (κ2) is 6.28. The van der Waals surface area contributed by atoms with Gasteiger partial charge >= 0.3 is 0 Å². The van der Waals surface area contributed by atoms with E-state index in [2.05, 4.69) is 17.4 Å². The minimum Gasteiger partial charge on any atom is -0.389 e. The van der Waals surface area contributed by atoms with Crippen molar-refractivity contribution in [3.8, 4) is 0 Å². The molecule has 0 fully saturated rings. The van der Waals surface area contributed by atoms with Gasteiger partial charge in [0.05, 0.1) is 10.7 Å². The van der Waals surface area contributed by atoms with Gasteiger partial charge in [-0.15, -0.1) is 11.8 Å². The first-order chi connectivity index (χ1) is 9.10. The van der Waals surface area contributed by atoms with Crippen LogP contribution in [0.25, 0.3) is 0 Å². The van der Waals surface area contributed by atoms with Crippen LogP contribution in [0.5, 0.6) is 0 Å². The second-order valence-electron chi connectivity index (χ2n) is 3.92. The van der Waals surface area contributed by atoms with E-state index in [0.717, 1.165) is 16.9 Å². The molecule has 0 aliphatic rings. The summed E-state index contributed by atoms with van der Waals surface area (Å²) in [4.78, 5) is 1.54. The number of rotatable bonds is 4.